The zero-order chi connectivity index (χ0) is 18.4. The van der Waals surface area contributed by atoms with E-state index in [2.05, 4.69) is 29.4 Å². The Bertz CT molecular complexity index is 563. The first-order valence-corrected chi connectivity index (χ1v) is 10.1. The van der Waals surface area contributed by atoms with Crippen molar-refractivity contribution < 1.29 is 9.59 Å². The van der Waals surface area contributed by atoms with Crippen molar-refractivity contribution in [1.29, 1.82) is 0 Å². The lowest BCUT2D eigenvalue weighted by atomic mass is 9.97. The third-order valence-corrected chi connectivity index (χ3v) is 5.76. The second-order valence-electron chi connectivity index (χ2n) is 7.75. The fourth-order valence-corrected chi connectivity index (χ4v) is 3.81. The van der Waals surface area contributed by atoms with Crippen LogP contribution in [-0.4, -0.2) is 47.9 Å². The van der Waals surface area contributed by atoms with Gasteiger partial charge in [0.25, 0.3) is 5.91 Å². The van der Waals surface area contributed by atoms with Crippen molar-refractivity contribution >= 4 is 23.2 Å². The SMILES string of the molecule is CC(C)C(NC(=O)c1cccs1)C(=O)NCC(C)(C)N1CCCCC1. The number of amides is 2. The monoisotopic (exact) mass is 365 g/mol. The minimum Gasteiger partial charge on any atom is -0.352 e. The molecule has 1 aliphatic heterocycles. The molecule has 1 unspecified atom stereocenters. The number of nitrogens with one attached hydrogen (secondary N) is 2. The summed E-state index contributed by atoms with van der Waals surface area (Å²) in [5.74, 6) is -0.258. The molecule has 0 aromatic carbocycles. The molecule has 2 rings (SSSR count). The van der Waals surface area contributed by atoms with E-state index in [1.807, 2.05) is 25.3 Å². The lowest BCUT2D eigenvalue weighted by Gasteiger charge is -2.41. The van der Waals surface area contributed by atoms with Crippen LogP contribution in [0, 0.1) is 5.92 Å². The Morgan fingerprint density at radius 3 is 2.48 bits per heavy atom. The van der Waals surface area contributed by atoms with E-state index < -0.39 is 6.04 Å². The van der Waals surface area contributed by atoms with E-state index in [9.17, 15) is 9.59 Å². The van der Waals surface area contributed by atoms with Crippen molar-refractivity contribution in [3.63, 3.8) is 0 Å². The molecule has 6 heteroatoms. The number of rotatable bonds is 7. The van der Waals surface area contributed by atoms with Crippen molar-refractivity contribution in [3.05, 3.63) is 22.4 Å². The van der Waals surface area contributed by atoms with Gasteiger partial charge in [-0.15, -0.1) is 11.3 Å². The molecule has 0 saturated carbocycles. The van der Waals surface area contributed by atoms with Gasteiger partial charge in [-0.25, -0.2) is 0 Å². The van der Waals surface area contributed by atoms with Crippen LogP contribution in [0.25, 0.3) is 0 Å². The van der Waals surface area contributed by atoms with Crippen LogP contribution in [0.4, 0.5) is 0 Å². The zero-order valence-electron chi connectivity index (χ0n) is 15.8. The maximum atomic E-state index is 12.7. The van der Waals surface area contributed by atoms with Crippen molar-refractivity contribution in [2.45, 2.75) is 58.5 Å². The summed E-state index contributed by atoms with van der Waals surface area (Å²) >= 11 is 1.38. The topological polar surface area (TPSA) is 61.4 Å². The summed E-state index contributed by atoms with van der Waals surface area (Å²) in [6, 6.07) is 3.09. The van der Waals surface area contributed by atoms with Crippen LogP contribution in [0.1, 0.15) is 56.6 Å². The summed E-state index contributed by atoms with van der Waals surface area (Å²) in [4.78, 5) is 28.0. The molecule has 0 aliphatic carbocycles. The molecule has 2 heterocycles. The first-order valence-electron chi connectivity index (χ1n) is 9.18. The Balaban J connectivity index is 1.92. The molecule has 1 aromatic heterocycles. The smallest absolute Gasteiger partial charge is 0.262 e. The second-order valence-corrected chi connectivity index (χ2v) is 8.70. The fourth-order valence-electron chi connectivity index (χ4n) is 3.18. The van der Waals surface area contributed by atoms with E-state index in [0.717, 1.165) is 13.1 Å². The molecule has 5 nitrogen and oxygen atoms in total. The van der Waals surface area contributed by atoms with Gasteiger partial charge in [-0.05, 0) is 57.1 Å². The average molecular weight is 366 g/mol. The predicted octanol–water partition coefficient (Wildman–Crippen LogP) is 2.88. The third-order valence-electron chi connectivity index (χ3n) is 4.89. The van der Waals surface area contributed by atoms with Gasteiger partial charge in [-0.3, -0.25) is 14.5 Å². The van der Waals surface area contributed by atoms with Crippen LogP contribution in [0.15, 0.2) is 17.5 Å². The quantitative estimate of drug-likeness (QED) is 0.781. The number of carbonyl (C=O) groups is 2. The van der Waals surface area contributed by atoms with Gasteiger partial charge in [0.2, 0.25) is 5.91 Å². The number of piperidine rings is 1. The Morgan fingerprint density at radius 1 is 1.24 bits per heavy atom. The van der Waals surface area contributed by atoms with Crippen LogP contribution in [0.2, 0.25) is 0 Å². The summed E-state index contributed by atoms with van der Waals surface area (Å²) in [7, 11) is 0. The van der Waals surface area contributed by atoms with E-state index >= 15 is 0 Å². The maximum Gasteiger partial charge on any atom is 0.262 e. The molecular formula is C19H31N3O2S. The zero-order valence-corrected chi connectivity index (χ0v) is 16.6. The van der Waals surface area contributed by atoms with Crippen LogP contribution in [0.5, 0.6) is 0 Å². The van der Waals surface area contributed by atoms with E-state index in [1.165, 1.54) is 30.6 Å². The lowest BCUT2D eigenvalue weighted by Crippen LogP contribution is -2.56. The fraction of sp³-hybridized carbons (Fsp3) is 0.684. The van der Waals surface area contributed by atoms with Crippen molar-refractivity contribution in [3.8, 4) is 0 Å². The van der Waals surface area contributed by atoms with E-state index in [-0.39, 0.29) is 23.3 Å². The minimum absolute atomic E-state index is 0.0296. The van der Waals surface area contributed by atoms with Gasteiger partial charge in [0, 0.05) is 12.1 Å². The van der Waals surface area contributed by atoms with Crippen molar-refractivity contribution in [1.82, 2.24) is 15.5 Å². The molecule has 1 fully saturated rings. The Labute approximate surface area is 155 Å². The van der Waals surface area contributed by atoms with Crippen LogP contribution < -0.4 is 10.6 Å². The highest BCUT2D eigenvalue weighted by atomic mass is 32.1. The molecule has 0 spiro atoms. The number of thiophene rings is 1. The molecule has 0 bridgehead atoms. The molecule has 1 saturated heterocycles. The summed E-state index contributed by atoms with van der Waals surface area (Å²) in [6.07, 6.45) is 3.74. The highest BCUT2D eigenvalue weighted by molar-refractivity contribution is 7.12. The first kappa shape index (κ1) is 19.9. The average Bonchev–Trinajstić information content (AvgIpc) is 3.12. The number of hydrogen-bond donors (Lipinski definition) is 2. The summed E-state index contributed by atoms with van der Waals surface area (Å²) in [5.41, 5.74) is -0.0740. The van der Waals surface area contributed by atoms with Gasteiger partial charge < -0.3 is 10.6 Å². The molecule has 140 valence electrons. The number of likely N-dealkylation sites (tertiary alicyclic amines) is 1. The normalized spacial score (nSPS) is 17.3. The standard InChI is InChI=1S/C19H31N3O2S/c1-14(2)16(21-17(23)15-9-8-12-25-15)18(24)20-13-19(3,4)22-10-6-5-7-11-22/h8-9,12,14,16H,5-7,10-11,13H2,1-4H3,(H,20,24)(H,21,23). The van der Waals surface area contributed by atoms with Crippen LogP contribution in [-0.2, 0) is 4.79 Å². The molecule has 1 atom stereocenters. The number of hydrogen-bond acceptors (Lipinski definition) is 4. The van der Waals surface area contributed by atoms with Gasteiger partial charge in [0.1, 0.15) is 6.04 Å². The van der Waals surface area contributed by atoms with Gasteiger partial charge in [0.05, 0.1) is 4.88 Å². The summed E-state index contributed by atoms with van der Waals surface area (Å²) in [5, 5.41) is 7.80. The Kier molecular flexibility index (Phi) is 7.02. The summed E-state index contributed by atoms with van der Waals surface area (Å²) in [6.45, 7) is 11.0. The largest absolute Gasteiger partial charge is 0.352 e. The van der Waals surface area contributed by atoms with Gasteiger partial charge in [-0.1, -0.05) is 26.3 Å². The highest BCUT2D eigenvalue weighted by Gasteiger charge is 2.30. The number of carbonyl (C=O) groups excluding carboxylic acids is 2. The van der Waals surface area contributed by atoms with E-state index in [1.54, 1.807) is 6.07 Å². The molecule has 2 N–H and O–H groups in total. The summed E-state index contributed by atoms with van der Waals surface area (Å²) < 4.78 is 0. The lowest BCUT2D eigenvalue weighted by molar-refractivity contribution is -0.124. The molecule has 25 heavy (non-hydrogen) atoms. The minimum atomic E-state index is -0.522. The van der Waals surface area contributed by atoms with Crippen molar-refractivity contribution in [2.75, 3.05) is 19.6 Å². The Hall–Kier alpha value is -1.40. The predicted molar refractivity (Wildman–Crippen MR) is 103 cm³/mol. The third kappa shape index (κ3) is 5.54. The first-order chi connectivity index (χ1) is 11.8. The molecule has 1 aliphatic rings. The molecular weight excluding hydrogens is 334 g/mol. The molecule has 2 amide bonds. The van der Waals surface area contributed by atoms with Crippen LogP contribution in [0.3, 0.4) is 0 Å². The van der Waals surface area contributed by atoms with Crippen molar-refractivity contribution in [2.24, 2.45) is 5.92 Å². The van der Waals surface area contributed by atoms with E-state index in [4.69, 9.17) is 0 Å². The second kappa shape index (κ2) is 8.81. The van der Waals surface area contributed by atoms with Gasteiger partial charge in [0.15, 0.2) is 0 Å². The molecule has 1 aromatic rings. The van der Waals surface area contributed by atoms with E-state index in [0.29, 0.717) is 11.4 Å². The van der Waals surface area contributed by atoms with Crippen LogP contribution >= 0.6 is 11.3 Å². The highest BCUT2D eigenvalue weighted by Crippen LogP contribution is 2.20. The van der Waals surface area contributed by atoms with Gasteiger partial charge >= 0.3 is 0 Å². The number of nitrogens with zero attached hydrogens (tertiary/aromatic N) is 1. The maximum absolute atomic E-state index is 12.7. The molecule has 0 radical (unpaired) electrons. The van der Waals surface area contributed by atoms with Gasteiger partial charge in [-0.2, -0.15) is 0 Å². The Morgan fingerprint density at radius 2 is 1.92 bits per heavy atom.